The van der Waals surface area contributed by atoms with E-state index in [1.807, 2.05) is 0 Å². The first-order valence-electron chi connectivity index (χ1n) is 4.02. The molecule has 1 aromatic heterocycles. The lowest BCUT2D eigenvalue weighted by Crippen LogP contribution is -1.94. The van der Waals surface area contributed by atoms with E-state index in [-0.39, 0.29) is 5.56 Å². The summed E-state index contributed by atoms with van der Waals surface area (Å²) < 4.78 is 14.8. The molecule has 2 aromatic rings. The van der Waals surface area contributed by atoms with Crippen molar-refractivity contribution in [1.82, 2.24) is 9.78 Å². The second kappa shape index (κ2) is 2.74. The zero-order valence-corrected chi connectivity index (χ0v) is 7.58. The van der Waals surface area contributed by atoms with Crippen molar-refractivity contribution in [3.05, 3.63) is 23.5 Å². The molecule has 0 radical (unpaired) electrons. The van der Waals surface area contributed by atoms with E-state index in [4.69, 9.17) is 12.2 Å². The van der Waals surface area contributed by atoms with Gasteiger partial charge in [-0.25, -0.2) is 4.39 Å². The number of nitrogen functional groups attached to an aromatic ring is 1. The molecule has 0 saturated carbocycles. The number of nitrogens with zero attached hydrogens (tertiary/aromatic N) is 2. The number of rotatable bonds is 0. The molecule has 0 aliphatic heterocycles. The highest BCUT2D eigenvalue weighted by Crippen LogP contribution is 2.24. The van der Waals surface area contributed by atoms with Crippen molar-refractivity contribution in [1.29, 1.82) is 0 Å². The quantitative estimate of drug-likeness (QED) is 0.634. The van der Waals surface area contributed by atoms with Gasteiger partial charge in [-0.1, -0.05) is 5.92 Å². The van der Waals surface area contributed by atoms with Gasteiger partial charge >= 0.3 is 0 Å². The number of nitrogens with two attached hydrogens (primary N) is 1. The highest BCUT2D eigenvalue weighted by molar-refractivity contribution is 5.93. The fourth-order valence-corrected chi connectivity index (χ4v) is 1.51. The largest absolute Gasteiger partial charge is 0.382 e. The van der Waals surface area contributed by atoms with Gasteiger partial charge in [0.25, 0.3) is 0 Å². The van der Waals surface area contributed by atoms with Gasteiger partial charge in [-0.2, -0.15) is 5.10 Å². The number of anilines is 1. The molecule has 0 spiro atoms. The Labute approximate surface area is 80.3 Å². The van der Waals surface area contributed by atoms with Gasteiger partial charge in [0.05, 0.1) is 11.1 Å². The first-order valence-corrected chi connectivity index (χ1v) is 4.02. The van der Waals surface area contributed by atoms with Crippen LogP contribution >= 0.6 is 0 Å². The van der Waals surface area contributed by atoms with Gasteiger partial charge in [-0.05, 0) is 12.1 Å². The summed E-state index contributed by atoms with van der Waals surface area (Å²) in [7, 11) is 1.68. The van der Waals surface area contributed by atoms with E-state index in [0.29, 0.717) is 16.7 Å². The lowest BCUT2D eigenvalue weighted by Gasteiger charge is -1.98. The van der Waals surface area contributed by atoms with Crippen LogP contribution in [0.2, 0.25) is 0 Å². The van der Waals surface area contributed by atoms with Gasteiger partial charge in [0.1, 0.15) is 5.82 Å². The maximum atomic E-state index is 13.3. The van der Waals surface area contributed by atoms with Crippen LogP contribution < -0.4 is 5.73 Å². The van der Waals surface area contributed by atoms with E-state index >= 15 is 0 Å². The molecule has 1 heterocycles. The fraction of sp³-hybridized carbons (Fsp3) is 0.100. The second-order valence-electron chi connectivity index (χ2n) is 2.97. The number of benzene rings is 1. The monoisotopic (exact) mass is 189 g/mol. The zero-order chi connectivity index (χ0) is 10.3. The third-order valence-electron chi connectivity index (χ3n) is 2.13. The van der Waals surface area contributed by atoms with Crippen LogP contribution in [0, 0.1) is 18.2 Å². The van der Waals surface area contributed by atoms with Crippen molar-refractivity contribution in [2.45, 2.75) is 0 Å². The van der Waals surface area contributed by atoms with E-state index in [9.17, 15) is 4.39 Å². The Morgan fingerprint density at radius 2 is 2.29 bits per heavy atom. The molecule has 0 unspecified atom stereocenters. The van der Waals surface area contributed by atoms with Crippen LogP contribution in [0.15, 0.2) is 12.1 Å². The van der Waals surface area contributed by atoms with Gasteiger partial charge in [-0.15, -0.1) is 6.42 Å². The molecule has 0 saturated heterocycles. The summed E-state index contributed by atoms with van der Waals surface area (Å²) in [4.78, 5) is 0. The number of terminal acetylenes is 1. The van der Waals surface area contributed by atoms with Gasteiger partial charge in [0.2, 0.25) is 0 Å². The van der Waals surface area contributed by atoms with Crippen LogP contribution in [0.4, 0.5) is 10.2 Å². The first kappa shape index (κ1) is 8.57. The molecule has 0 aliphatic carbocycles. The van der Waals surface area contributed by atoms with Crippen LogP contribution in [0.5, 0.6) is 0 Å². The molecule has 0 amide bonds. The SMILES string of the molecule is C#Cc1c(F)ccc2c(N)nn(C)c12. The Morgan fingerprint density at radius 1 is 1.57 bits per heavy atom. The molecule has 2 N–H and O–H groups in total. The minimum atomic E-state index is -0.428. The van der Waals surface area contributed by atoms with Crippen LogP contribution in [-0.2, 0) is 7.05 Å². The summed E-state index contributed by atoms with van der Waals surface area (Å²) in [5, 5.41) is 4.65. The number of hydrogen-bond acceptors (Lipinski definition) is 2. The van der Waals surface area contributed by atoms with Crippen LogP contribution in [0.25, 0.3) is 10.9 Å². The average Bonchev–Trinajstić information content (AvgIpc) is 2.43. The number of aromatic nitrogens is 2. The number of fused-ring (bicyclic) bond motifs is 1. The molecular weight excluding hydrogens is 181 g/mol. The molecule has 3 nitrogen and oxygen atoms in total. The van der Waals surface area contributed by atoms with E-state index in [2.05, 4.69) is 11.0 Å². The standard InChI is InChI=1S/C10H8FN3/c1-3-6-8(11)5-4-7-9(6)14(2)13-10(7)12/h1,4-5H,2H3,(H2,12,13). The minimum Gasteiger partial charge on any atom is -0.382 e. The lowest BCUT2D eigenvalue weighted by molar-refractivity contribution is 0.624. The van der Waals surface area contributed by atoms with Crippen molar-refractivity contribution in [3.8, 4) is 12.3 Å². The van der Waals surface area contributed by atoms with Gasteiger partial charge < -0.3 is 5.73 Å². The predicted octanol–water partition coefficient (Wildman–Crippen LogP) is 1.28. The van der Waals surface area contributed by atoms with Crippen molar-refractivity contribution >= 4 is 16.7 Å². The third kappa shape index (κ3) is 0.958. The topological polar surface area (TPSA) is 43.8 Å². The highest BCUT2D eigenvalue weighted by Gasteiger charge is 2.12. The Balaban J connectivity index is 3.02. The summed E-state index contributed by atoms with van der Waals surface area (Å²) in [5.74, 6) is 2.23. The predicted molar refractivity (Wildman–Crippen MR) is 53.0 cm³/mol. The average molecular weight is 189 g/mol. The molecular formula is C10H8FN3. The molecule has 0 atom stereocenters. The van der Waals surface area contributed by atoms with Crippen molar-refractivity contribution in [2.24, 2.45) is 7.05 Å². The van der Waals surface area contributed by atoms with E-state index in [1.165, 1.54) is 10.7 Å². The second-order valence-corrected chi connectivity index (χ2v) is 2.97. The van der Waals surface area contributed by atoms with Crippen molar-refractivity contribution in [2.75, 3.05) is 5.73 Å². The molecule has 70 valence electrons. The molecule has 1 aromatic carbocycles. The molecule has 0 bridgehead atoms. The fourth-order valence-electron chi connectivity index (χ4n) is 1.51. The smallest absolute Gasteiger partial charge is 0.153 e. The van der Waals surface area contributed by atoms with Crippen molar-refractivity contribution in [3.63, 3.8) is 0 Å². The Morgan fingerprint density at radius 3 is 2.93 bits per heavy atom. The molecule has 14 heavy (non-hydrogen) atoms. The normalized spacial score (nSPS) is 10.4. The van der Waals surface area contributed by atoms with E-state index < -0.39 is 5.82 Å². The summed E-state index contributed by atoms with van der Waals surface area (Å²) in [6.07, 6.45) is 5.22. The summed E-state index contributed by atoms with van der Waals surface area (Å²) in [6, 6.07) is 2.88. The van der Waals surface area contributed by atoms with Gasteiger partial charge in [-0.3, -0.25) is 4.68 Å². The Bertz CT molecular complexity index is 548. The Kier molecular flexibility index (Phi) is 1.68. The number of hydrogen-bond donors (Lipinski definition) is 1. The third-order valence-corrected chi connectivity index (χ3v) is 2.13. The molecule has 2 rings (SSSR count). The van der Waals surface area contributed by atoms with Crippen LogP contribution in [-0.4, -0.2) is 9.78 Å². The minimum absolute atomic E-state index is 0.203. The summed E-state index contributed by atoms with van der Waals surface area (Å²) in [6.45, 7) is 0. The summed E-state index contributed by atoms with van der Waals surface area (Å²) in [5.41, 5.74) is 6.39. The molecule has 0 fully saturated rings. The van der Waals surface area contributed by atoms with Crippen molar-refractivity contribution < 1.29 is 4.39 Å². The van der Waals surface area contributed by atoms with Gasteiger partial charge in [0.15, 0.2) is 5.82 Å². The molecule has 0 aliphatic rings. The molecule has 4 heteroatoms. The highest BCUT2D eigenvalue weighted by atomic mass is 19.1. The van der Waals surface area contributed by atoms with E-state index in [0.717, 1.165) is 0 Å². The maximum absolute atomic E-state index is 13.3. The lowest BCUT2D eigenvalue weighted by atomic mass is 10.1. The first-order chi connectivity index (χ1) is 6.65. The number of aryl methyl sites for hydroxylation is 1. The Hall–Kier alpha value is -2.02. The van der Waals surface area contributed by atoms with E-state index in [1.54, 1.807) is 13.1 Å². The van der Waals surface area contributed by atoms with Gasteiger partial charge in [0, 0.05) is 12.4 Å². The van der Waals surface area contributed by atoms with Crippen LogP contribution in [0.3, 0.4) is 0 Å². The summed E-state index contributed by atoms with van der Waals surface area (Å²) >= 11 is 0. The van der Waals surface area contributed by atoms with Crippen LogP contribution in [0.1, 0.15) is 5.56 Å². The zero-order valence-electron chi connectivity index (χ0n) is 7.58. The maximum Gasteiger partial charge on any atom is 0.153 e. The number of halogens is 1.